The molecule has 3 heteroatoms. The molecule has 2 aliphatic rings. The quantitative estimate of drug-likeness (QED) is 0.692. The Morgan fingerprint density at radius 3 is 2.60 bits per heavy atom. The third-order valence-electron chi connectivity index (χ3n) is 3.82. The minimum atomic E-state index is 0.384. The molecule has 0 N–H and O–H groups in total. The average molecular weight is 232 g/mol. The highest BCUT2D eigenvalue weighted by Crippen LogP contribution is 2.26. The van der Waals surface area contributed by atoms with Gasteiger partial charge in [-0.3, -0.25) is 0 Å². The van der Waals surface area contributed by atoms with Gasteiger partial charge in [0.1, 0.15) is 0 Å². The lowest BCUT2D eigenvalue weighted by Gasteiger charge is -2.26. The summed E-state index contributed by atoms with van der Waals surface area (Å²) in [6, 6.07) is 0. The van der Waals surface area contributed by atoms with E-state index in [0.717, 1.165) is 25.7 Å². The standard InChI is InChI=1S/C12H22ClNO/c1-2-11-8-14(9-12(11)13)7-10-3-5-15-6-4-10/h10-12H,2-9H2,1H3. The van der Waals surface area contributed by atoms with Gasteiger partial charge in [-0.25, -0.2) is 0 Å². The Bertz CT molecular complexity index is 194. The summed E-state index contributed by atoms with van der Waals surface area (Å²) in [7, 11) is 0. The van der Waals surface area contributed by atoms with Gasteiger partial charge in [-0.15, -0.1) is 11.6 Å². The van der Waals surface area contributed by atoms with Crippen molar-refractivity contribution in [1.29, 1.82) is 0 Å². The van der Waals surface area contributed by atoms with Gasteiger partial charge in [0, 0.05) is 32.8 Å². The van der Waals surface area contributed by atoms with Gasteiger partial charge in [-0.1, -0.05) is 13.3 Å². The molecule has 0 aromatic carbocycles. The van der Waals surface area contributed by atoms with Gasteiger partial charge in [0.25, 0.3) is 0 Å². The first-order chi connectivity index (χ1) is 7.29. The van der Waals surface area contributed by atoms with E-state index in [-0.39, 0.29) is 0 Å². The lowest BCUT2D eigenvalue weighted by Crippen LogP contribution is -2.31. The second-order valence-corrected chi connectivity index (χ2v) is 5.52. The van der Waals surface area contributed by atoms with E-state index in [4.69, 9.17) is 16.3 Å². The summed E-state index contributed by atoms with van der Waals surface area (Å²) >= 11 is 6.32. The molecule has 0 radical (unpaired) electrons. The van der Waals surface area contributed by atoms with E-state index >= 15 is 0 Å². The van der Waals surface area contributed by atoms with Crippen LogP contribution in [-0.2, 0) is 4.74 Å². The predicted molar refractivity (Wildman–Crippen MR) is 63.4 cm³/mol. The van der Waals surface area contributed by atoms with Crippen LogP contribution in [-0.4, -0.2) is 43.1 Å². The fraction of sp³-hybridized carbons (Fsp3) is 1.00. The Labute approximate surface area is 97.9 Å². The van der Waals surface area contributed by atoms with Crippen LogP contribution in [0.5, 0.6) is 0 Å². The molecule has 2 aliphatic heterocycles. The molecular weight excluding hydrogens is 210 g/mol. The van der Waals surface area contributed by atoms with Gasteiger partial charge < -0.3 is 9.64 Å². The number of halogens is 1. The van der Waals surface area contributed by atoms with Gasteiger partial charge in [-0.2, -0.15) is 0 Å². The van der Waals surface area contributed by atoms with E-state index in [1.165, 1.54) is 32.4 Å². The minimum Gasteiger partial charge on any atom is -0.381 e. The number of likely N-dealkylation sites (tertiary alicyclic amines) is 1. The van der Waals surface area contributed by atoms with Crippen molar-refractivity contribution >= 4 is 11.6 Å². The van der Waals surface area contributed by atoms with E-state index in [1.807, 2.05) is 0 Å². The molecule has 2 heterocycles. The third-order valence-corrected chi connectivity index (χ3v) is 4.31. The van der Waals surface area contributed by atoms with Crippen molar-refractivity contribution in [3.63, 3.8) is 0 Å². The summed E-state index contributed by atoms with van der Waals surface area (Å²) in [5, 5.41) is 0.384. The van der Waals surface area contributed by atoms with Crippen molar-refractivity contribution in [2.45, 2.75) is 31.6 Å². The SMILES string of the molecule is CCC1CN(CC2CCOCC2)CC1Cl. The van der Waals surface area contributed by atoms with E-state index < -0.39 is 0 Å². The van der Waals surface area contributed by atoms with Crippen LogP contribution in [0.4, 0.5) is 0 Å². The van der Waals surface area contributed by atoms with Gasteiger partial charge in [-0.05, 0) is 24.7 Å². The molecule has 0 amide bonds. The van der Waals surface area contributed by atoms with Crippen LogP contribution in [0.15, 0.2) is 0 Å². The van der Waals surface area contributed by atoms with Crippen LogP contribution in [0, 0.1) is 11.8 Å². The Morgan fingerprint density at radius 2 is 2.00 bits per heavy atom. The third kappa shape index (κ3) is 3.08. The largest absolute Gasteiger partial charge is 0.381 e. The van der Waals surface area contributed by atoms with Gasteiger partial charge in [0.15, 0.2) is 0 Å². The van der Waals surface area contributed by atoms with Gasteiger partial charge >= 0.3 is 0 Å². The minimum absolute atomic E-state index is 0.384. The zero-order valence-corrected chi connectivity index (χ0v) is 10.4. The molecule has 0 aromatic heterocycles. The Hall–Kier alpha value is 0.210. The summed E-state index contributed by atoms with van der Waals surface area (Å²) in [6.07, 6.45) is 3.69. The summed E-state index contributed by atoms with van der Waals surface area (Å²) in [5.74, 6) is 1.56. The molecular formula is C12H22ClNO. The Balaban J connectivity index is 1.75. The molecule has 2 fully saturated rings. The van der Waals surface area contributed by atoms with E-state index in [9.17, 15) is 0 Å². The summed E-state index contributed by atoms with van der Waals surface area (Å²) < 4.78 is 5.38. The Morgan fingerprint density at radius 1 is 1.27 bits per heavy atom. The fourth-order valence-electron chi connectivity index (χ4n) is 2.74. The number of hydrogen-bond donors (Lipinski definition) is 0. The lowest BCUT2D eigenvalue weighted by molar-refractivity contribution is 0.0551. The van der Waals surface area contributed by atoms with Crippen LogP contribution in [0.25, 0.3) is 0 Å². The summed E-state index contributed by atoms with van der Waals surface area (Å²) in [5.41, 5.74) is 0. The van der Waals surface area contributed by atoms with E-state index in [1.54, 1.807) is 0 Å². The molecule has 0 spiro atoms. The van der Waals surface area contributed by atoms with Crippen molar-refractivity contribution in [2.75, 3.05) is 32.8 Å². The molecule has 2 nitrogen and oxygen atoms in total. The van der Waals surface area contributed by atoms with Crippen LogP contribution >= 0.6 is 11.6 Å². The van der Waals surface area contributed by atoms with Crippen LogP contribution < -0.4 is 0 Å². The summed E-state index contributed by atoms with van der Waals surface area (Å²) in [4.78, 5) is 2.56. The first kappa shape index (κ1) is 11.7. The first-order valence-corrected chi connectivity index (χ1v) is 6.67. The van der Waals surface area contributed by atoms with Gasteiger partial charge in [0.2, 0.25) is 0 Å². The summed E-state index contributed by atoms with van der Waals surface area (Å²) in [6.45, 7) is 7.71. The molecule has 88 valence electrons. The van der Waals surface area contributed by atoms with Gasteiger partial charge in [0.05, 0.1) is 5.38 Å². The highest BCUT2D eigenvalue weighted by molar-refractivity contribution is 6.21. The highest BCUT2D eigenvalue weighted by atomic mass is 35.5. The van der Waals surface area contributed by atoms with Crippen molar-refractivity contribution in [1.82, 2.24) is 4.90 Å². The molecule has 0 saturated carbocycles. The molecule has 2 atom stereocenters. The number of hydrogen-bond acceptors (Lipinski definition) is 2. The first-order valence-electron chi connectivity index (χ1n) is 6.23. The zero-order valence-electron chi connectivity index (χ0n) is 9.62. The molecule has 0 bridgehead atoms. The monoisotopic (exact) mass is 231 g/mol. The van der Waals surface area contributed by atoms with Crippen molar-refractivity contribution in [3.05, 3.63) is 0 Å². The number of ether oxygens (including phenoxy) is 1. The Kier molecular flexibility index (Phi) is 4.30. The normalized spacial score (nSPS) is 34.8. The van der Waals surface area contributed by atoms with Crippen LogP contribution in [0.1, 0.15) is 26.2 Å². The van der Waals surface area contributed by atoms with E-state index in [2.05, 4.69) is 11.8 Å². The lowest BCUT2D eigenvalue weighted by atomic mass is 10.00. The maximum Gasteiger partial charge on any atom is 0.0503 e. The second kappa shape index (κ2) is 5.51. The molecule has 2 unspecified atom stereocenters. The molecule has 0 aliphatic carbocycles. The molecule has 0 aromatic rings. The smallest absolute Gasteiger partial charge is 0.0503 e. The van der Waals surface area contributed by atoms with Crippen LogP contribution in [0.2, 0.25) is 0 Å². The number of rotatable bonds is 3. The maximum atomic E-state index is 6.32. The van der Waals surface area contributed by atoms with Crippen molar-refractivity contribution < 1.29 is 4.74 Å². The number of alkyl halides is 1. The molecule has 2 saturated heterocycles. The van der Waals surface area contributed by atoms with Crippen molar-refractivity contribution in [3.8, 4) is 0 Å². The van der Waals surface area contributed by atoms with Crippen molar-refractivity contribution in [2.24, 2.45) is 11.8 Å². The number of nitrogens with zero attached hydrogens (tertiary/aromatic N) is 1. The van der Waals surface area contributed by atoms with E-state index in [0.29, 0.717) is 11.3 Å². The fourth-order valence-corrected chi connectivity index (χ4v) is 3.20. The average Bonchev–Trinajstić information content (AvgIpc) is 2.60. The predicted octanol–water partition coefficient (Wildman–Crippen LogP) is 2.36. The highest BCUT2D eigenvalue weighted by Gasteiger charge is 2.31. The van der Waals surface area contributed by atoms with Crippen LogP contribution in [0.3, 0.4) is 0 Å². The topological polar surface area (TPSA) is 12.5 Å². The maximum absolute atomic E-state index is 6.32. The molecule has 2 rings (SSSR count). The molecule has 15 heavy (non-hydrogen) atoms. The second-order valence-electron chi connectivity index (χ2n) is 4.96. The zero-order chi connectivity index (χ0) is 10.7.